The van der Waals surface area contributed by atoms with Crippen molar-refractivity contribution >= 4 is 16.8 Å². The number of benzene rings is 1. The molecule has 0 saturated heterocycles. The molecule has 0 spiro atoms. The van der Waals surface area contributed by atoms with Crippen molar-refractivity contribution in [1.82, 2.24) is 15.0 Å². The zero-order valence-electron chi connectivity index (χ0n) is 23.4. The summed E-state index contributed by atoms with van der Waals surface area (Å²) in [5, 5.41) is 19.5. The van der Waals surface area contributed by atoms with Gasteiger partial charge in [0.25, 0.3) is 0 Å². The molecule has 9 atom stereocenters. The van der Waals surface area contributed by atoms with Gasteiger partial charge in [-0.2, -0.15) is 0 Å². The van der Waals surface area contributed by atoms with E-state index in [1.165, 1.54) is 25.7 Å². The highest BCUT2D eigenvalue weighted by Crippen LogP contribution is 2.69. The molecular weight excluding hydrogens is 462 g/mol. The lowest BCUT2D eigenvalue weighted by molar-refractivity contribution is -0.151. The van der Waals surface area contributed by atoms with Crippen LogP contribution >= 0.6 is 0 Å². The molecule has 0 amide bonds. The topological polar surface area (TPSA) is 77.2 Å². The van der Waals surface area contributed by atoms with Crippen molar-refractivity contribution in [2.45, 2.75) is 97.6 Å². The average Bonchev–Trinajstić information content (AvgIpc) is 3.41. The smallest absolute Gasteiger partial charge is 0.158 e. The Hall–Kier alpha value is -1.95. The molecule has 1 N–H and O–H groups in total. The second-order valence-corrected chi connectivity index (χ2v) is 13.9. The third-order valence-electron chi connectivity index (χ3n) is 12.0. The van der Waals surface area contributed by atoms with E-state index in [1.54, 1.807) is 11.8 Å². The Morgan fingerprint density at radius 3 is 2.68 bits per heavy atom. The van der Waals surface area contributed by atoms with Crippen LogP contribution in [0.3, 0.4) is 0 Å². The van der Waals surface area contributed by atoms with Crippen LogP contribution in [0.1, 0.15) is 85.5 Å². The van der Waals surface area contributed by atoms with Gasteiger partial charge in [-0.1, -0.05) is 32.4 Å². The summed E-state index contributed by atoms with van der Waals surface area (Å²) in [5.41, 5.74) is 1.58. The largest absolute Gasteiger partial charge is 0.497 e. The first-order valence-corrected chi connectivity index (χ1v) is 14.7. The SMILES string of the molecule is CC[C@@H]1C[C@H]2[C@@H]3CC[C@H]4C[C@](C)(O)CC[C@]4(C)[C@H]3CC[C@]2(C)[C@H]1C(=O)Cn1nnc2ccc(OC)cc21. The van der Waals surface area contributed by atoms with E-state index < -0.39 is 5.60 Å². The first kappa shape index (κ1) is 25.3. The van der Waals surface area contributed by atoms with Crippen LogP contribution < -0.4 is 4.74 Å². The van der Waals surface area contributed by atoms with Crippen molar-refractivity contribution in [2.24, 2.45) is 46.3 Å². The number of rotatable bonds is 5. The molecule has 1 heterocycles. The first-order valence-electron chi connectivity index (χ1n) is 14.7. The van der Waals surface area contributed by atoms with Crippen LogP contribution in [0.4, 0.5) is 0 Å². The van der Waals surface area contributed by atoms with Crippen LogP contribution in [-0.2, 0) is 11.3 Å². The number of fused-ring (bicyclic) bond motifs is 6. The Balaban J connectivity index is 1.27. The molecule has 0 unspecified atom stereocenters. The van der Waals surface area contributed by atoms with Crippen molar-refractivity contribution in [3.8, 4) is 5.75 Å². The second-order valence-electron chi connectivity index (χ2n) is 13.9. The number of aliphatic hydroxyl groups is 1. The highest BCUT2D eigenvalue weighted by molar-refractivity contribution is 5.84. The Labute approximate surface area is 221 Å². The van der Waals surface area contributed by atoms with Gasteiger partial charge in [-0.05, 0) is 111 Å². The van der Waals surface area contributed by atoms with Gasteiger partial charge in [0.15, 0.2) is 5.78 Å². The van der Waals surface area contributed by atoms with Gasteiger partial charge >= 0.3 is 0 Å². The summed E-state index contributed by atoms with van der Waals surface area (Å²) < 4.78 is 7.20. The van der Waals surface area contributed by atoms with Gasteiger partial charge in [0.1, 0.15) is 17.8 Å². The maximum absolute atomic E-state index is 14.1. The lowest BCUT2D eigenvalue weighted by atomic mass is 9.44. The van der Waals surface area contributed by atoms with Gasteiger partial charge in [-0.25, -0.2) is 4.68 Å². The van der Waals surface area contributed by atoms with Crippen LogP contribution in [-0.4, -0.2) is 38.6 Å². The number of carbonyl (C=O) groups excluding carboxylic acids is 1. The highest BCUT2D eigenvalue weighted by atomic mass is 16.5. The predicted molar refractivity (Wildman–Crippen MR) is 144 cm³/mol. The molecule has 37 heavy (non-hydrogen) atoms. The molecule has 4 aliphatic rings. The highest BCUT2D eigenvalue weighted by Gasteiger charge is 2.63. The molecule has 4 fully saturated rings. The quantitative estimate of drug-likeness (QED) is 0.533. The molecule has 0 bridgehead atoms. The number of carbonyl (C=O) groups is 1. The molecule has 4 saturated carbocycles. The molecule has 202 valence electrons. The van der Waals surface area contributed by atoms with Crippen LogP contribution in [0, 0.1) is 46.3 Å². The third kappa shape index (κ3) is 3.87. The molecule has 1 aromatic heterocycles. The zero-order valence-corrected chi connectivity index (χ0v) is 23.4. The average molecular weight is 508 g/mol. The minimum atomic E-state index is -0.492. The lowest BCUT2D eigenvalue weighted by Gasteiger charge is -2.61. The number of hydrogen-bond acceptors (Lipinski definition) is 5. The summed E-state index contributed by atoms with van der Waals surface area (Å²) in [4.78, 5) is 14.1. The Bertz CT molecular complexity index is 1190. The Kier molecular flexibility index (Phi) is 6.02. The number of Topliss-reactive ketones (excluding diaryl/α,β-unsaturated/α-hetero) is 1. The zero-order chi connectivity index (χ0) is 26.2. The maximum Gasteiger partial charge on any atom is 0.158 e. The van der Waals surface area contributed by atoms with Crippen molar-refractivity contribution in [1.29, 1.82) is 0 Å². The molecule has 0 aliphatic heterocycles. The summed E-state index contributed by atoms with van der Waals surface area (Å²) in [6.07, 6.45) is 10.2. The number of hydrogen-bond donors (Lipinski definition) is 1. The molecular formula is C31H45N3O3. The Morgan fingerprint density at radius 2 is 1.92 bits per heavy atom. The molecule has 2 aromatic rings. The van der Waals surface area contributed by atoms with E-state index >= 15 is 0 Å². The van der Waals surface area contributed by atoms with Crippen LogP contribution in [0.25, 0.3) is 11.0 Å². The van der Waals surface area contributed by atoms with Gasteiger partial charge in [0.2, 0.25) is 0 Å². The van der Waals surface area contributed by atoms with Crippen molar-refractivity contribution in [3.05, 3.63) is 18.2 Å². The molecule has 1 aromatic carbocycles. The van der Waals surface area contributed by atoms with E-state index in [4.69, 9.17) is 4.74 Å². The van der Waals surface area contributed by atoms with Crippen LogP contribution in [0.2, 0.25) is 0 Å². The number of nitrogens with zero attached hydrogens (tertiary/aromatic N) is 3. The normalized spacial score (nSPS) is 43.2. The predicted octanol–water partition coefficient (Wildman–Crippen LogP) is 6.06. The van der Waals surface area contributed by atoms with Gasteiger partial charge in [-0.15, -0.1) is 5.10 Å². The molecule has 6 nitrogen and oxygen atoms in total. The van der Waals surface area contributed by atoms with Gasteiger partial charge < -0.3 is 9.84 Å². The summed E-state index contributed by atoms with van der Waals surface area (Å²) in [7, 11) is 1.66. The fourth-order valence-corrected chi connectivity index (χ4v) is 10.1. The molecule has 0 radical (unpaired) electrons. The summed E-state index contributed by atoms with van der Waals surface area (Å²) in [6.45, 7) is 9.61. The number of ketones is 1. The third-order valence-corrected chi connectivity index (χ3v) is 12.0. The fourth-order valence-electron chi connectivity index (χ4n) is 10.1. The van der Waals surface area contributed by atoms with E-state index in [9.17, 15) is 9.90 Å². The molecule has 6 heteroatoms. The van der Waals surface area contributed by atoms with Crippen molar-refractivity contribution in [3.63, 3.8) is 0 Å². The van der Waals surface area contributed by atoms with Crippen molar-refractivity contribution in [2.75, 3.05) is 7.11 Å². The van der Waals surface area contributed by atoms with Crippen LogP contribution in [0.5, 0.6) is 5.75 Å². The first-order chi connectivity index (χ1) is 17.6. The number of methoxy groups -OCH3 is 1. The van der Waals surface area contributed by atoms with E-state index in [1.807, 2.05) is 25.1 Å². The Morgan fingerprint density at radius 1 is 1.11 bits per heavy atom. The minimum Gasteiger partial charge on any atom is -0.497 e. The van der Waals surface area contributed by atoms with E-state index in [2.05, 4.69) is 31.1 Å². The van der Waals surface area contributed by atoms with Gasteiger partial charge in [0, 0.05) is 12.0 Å². The molecule has 6 rings (SSSR count). The van der Waals surface area contributed by atoms with Crippen molar-refractivity contribution < 1.29 is 14.6 Å². The van der Waals surface area contributed by atoms with Crippen LogP contribution in [0.15, 0.2) is 18.2 Å². The lowest BCUT2D eigenvalue weighted by Crippen LogP contribution is -2.55. The number of ether oxygens (including phenoxy) is 1. The van der Waals surface area contributed by atoms with Gasteiger partial charge in [-0.3, -0.25) is 4.79 Å². The molecule has 4 aliphatic carbocycles. The number of aromatic nitrogens is 3. The standard InChI is InChI=1S/C31H45N3O3/c1-6-19-15-24-22-9-7-20-17-29(2,36)13-14-30(20,3)23(22)11-12-31(24,4)28(19)27(35)18-34-26-16-21(37-5)8-10-25(26)32-33-34/h8,10,16,19-20,22-24,28,36H,6-7,9,11-15,17-18H2,1-5H3/t19-,20+,22-,23+,24+,28-,29-,30+,31+/m1/s1. The maximum atomic E-state index is 14.1. The fraction of sp³-hybridized carbons (Fsp3) is 0.774. The minimum absolute atomic E-state index is 0.0658. The monoisotopic (exact) mass is 507 g/mol. The second kappa shape index (κ2) is 8.79. The van der Waals surface area contributed by atoms with E-state index in [0.29, 0.717) is 34.9 Å². The summed E-state index contributed by atoms with van der Waals surface area (Å²) in [5.74, 6) is 4.34. The van der Waals surface area contributed by atoms with E-state index in [-0.39, 0.29) is 17.9 Å². The summed E-state index contributed by atoms with van der Waals surface area (Å²) >= 11 is 0. The van der Waals surface area contributed by atoms with E-state index in [0.717, 1.165) is 54.8 Å². The summed E-state index contributed by atoms with van der Waals surface area (Å²) in [6, 6.07) is 5.73. The van der Waals surface area contributed by atoms with Gasteiger partial charge in [0.05, 0.1) is 18.2 Å².